The molecule has 5 nitrogen and oxygen atoms in total. The van der Waals surface area contributed by atoms with Crippen molar-refractivity contribution in [1.29, 1.82) is 0 Å². The first-order valence-corrected chi connectivity index (χ1v) is 7.31. The lowest BCUT2D eigenvalue weighted by Crippen LogP contribution is -2.18. The lowest BCUT2D eigenvalue weighted by atomic mass is 10.1. The van der Waals surface area contributed by atoms with Crippen molar-refractivity contribution >= 4 is 35.2 Å². The smallest absolute Gasteiger partial charge is 0.417 e. The fourth-order valence-electron chi connectivity index (χ4n) is 1.96. The number of aromatic nitrogens is 1. The Morgan fingerprint density at radius 2 is 2.08 bits per heavy atom. The van der Waals surface area contributed by atoms with Crippen molar-refractivity contribution in [3.05, 3.63) is 52.8 Å². The Balaban J connectivity index is 2.42. The SMILES string of the molecule is COC(=O)C(C=Nc1ccccc1N)c1ncc(C(F)(F)F)cc1Cl. The second kappa shape index (κ2) is 7.52. The zero-order valence-electron chi connectivity index (χ0n) is 12.9. The fourth-order valence-corrected chi connectivity index (χ4v) is 2.25. The molecule has 0 saturated carbocycles. The number of carbonyl (C=O) groups excluding carboxylic acids is 1. The highest BCUT2D eigenvalue weighted by Gasteiger charge is 2.33. The van der Waals surface area contributed by atoms with E-state index in [9.17, 15) is 18.0 Å². The fraction of sp³-hybridized carbons (Fsp3) is 0.188. The van der Waals surface area contributed by atoms with Gasteiger partial charge in [-0.05, 0) is 18.2 Å². The number of para-hydroxylation sites is 2. The van der Waals surface area contributed by atoms with Crippen molar-refractivity contribution in [3.8, 4) is 0 Å². The maximum atomic E-state index is 12.7. The number of hydrogen-bond donors (Lipinski definition) is 1. The summed E-state index contributed by atoms with van der Waals surface area (Å²) >= 11 is 5.89. The summed E-state index contributed by atoms with van der Waals surface area (Å²) in [5.41, 5.74) is 5.40. The van der Waals surface area contributed by atoms with Gasteiger partial charge in [-0.3, -0.25) is 14.8 Å². The lowest BCUT2D eigenvalue weighted by Gasteiger charge is -2.13. The molecule has 0 bridgehead atoms. The molecule has 0 saturated heterocycles. The van der Waals surface area contributed by atoms with E-state index < -0.39 is 23.6 Å². The minimum absolute atomic E-state index is 0.0974. The molecule has 1 atom stereocenters. The third-order valence-electron chi connectivity index (χ3n) is 3.25. The van der Waals surface area contributed by atoms with Crippen molar-refractivity contribution in [3.63, 3.8) is 0 Å². The molecule has 132 valence electrons. The van der Waals surface area contributed by atoms with E-state index in [1.165, 1.54) is 6.21 Å². The van der Waals surface area contributed by atoms with Crippen molar-refractivity contribution < 1.29 is 22.7 Å². The second-order valence-electron chi connectivity index (χ2n) is 4.93. The average Bonchev–Trinajstić information content (AvgIpc) is 2.56. The van der Waals surface area contributed by atoms with Gasteiger partial charge < -0.3 is 10.5 Å². The van der Waals surface area contributed by atoms with Crippen LogP contribution >= 0.6 is 11.6 Å². The molecule has 2 N–H and O–H groups in total. The zero-order valence-corrected chi connectivity index (χ0v) is 13.7. The van der Waals surface area contributed by atoms with E-state index in [1.54, 1.807) is 24.3 Å². The molecule has 2 aromatic rings. The molecule has 2 rings (SSSR count). The number of anilines is 1. The number of rotatable bonds is 4. The average molecular weight is 372 g/mol. The van der Waals surface area contributed by atoms with Gasteiger partial charge in [0.15, 0.2) is 0 Å². The third-order valence-corrected chi connectivity index (χ3v) is 3.55. The number of nitrogens with two attached hydrogens (primary N) is 1. The predicted octanol–water partition coefficient (Wildman–Crippen LogP) is 4.00. The molecule has 1 heterocycles. The first kappa shape index (κ1) is 18.7. The van der Waals surface area contributed by atoms with Gasteiger partial charge in [-0.15, -0.1) is 0 Å². The number of methoxy groups -OCH3 is 1. The normalized spacial score (nSPS) is 13.0. The maximum Gasteiger partial charge on any atom is 0.417 e. The number of nitrogens with zero attached hydrogens (tertiary/aromatic N) is 2. The number of pyridine rings is 1. The largest absolute Gasteiger partial charge is 0.468 e. The summed E-state index contributed by atoms with van der Waals surface area (Å²) in [5, 5.41) is -0.322. The van der Waals surface area contributed by atoms with Crippen molar-refractivity contribution in [2.24, 2.45) is 4.99 Å². The zero-order chi connectivity index (χ0) is 18.6. The highest BCUT2D eigenvalue weighted by atomic mass is 35.5. The molecule has 1 unspecified atom stereocenters. The number of halogens is 4. The number of carbonyl (C=O) groups is 1. The van der Waals surface area contributed by atoms with Crippen molar-refractivity contribution in [2.75, 3.05) is 12.8 Å². The molecule has 0 spiro atoms. The Kier molecular flexibility index (Phi) is 5.63. The van der Waals surface area contributed by atoms with E-state index in [0.717, 1.165) is 7.11 Å². The Morgan fingerprint density at radius 3 is 2.64 bits per heavy atom. The van der Waals surface area contributed by atoms with E-state index in [4.69, 9.17) is 17.3 Å². The summed E-state index contributed by atoms with van der Waals surface area (Å²) in [6.07, 6.45) is -2.82. The topological polar surface area (TPSA) is 77.6 Å². The number of ether oxygens (including phenoxy) is 1. The summed E-state index contributed by atoms with van der Waals surface area (Å²) in [7, 11) is 1.14. The molecule has 0 aliphatic heterocycles. The summed E-state index contributed by atoms with van der Waals surface area (Å²) in [6.45, 7) is 0. The monoisotopic (exact) mass is 371 g/mol. The number of hydrogen-bond acceptors (Lipinski definition) is 5. The highest BCUT2D eigenvalue weighted by molar-refractivity contribution is 6.31. The molecule has 0 aliphatic rings. The van der Waals surface area contributed by atoms with Gasteiger partial charge in [0, 0.05) is 12.4 Å². The lowest BCUT2D eigenvalue weighted by molar-refractivity contribution is -0.140. The summed E-state index contributed by atoms with van der Waals surface area (Å²) in [5.74, 6) is -1.95. The quantitative estimate of drug-likeness (QED) is 0.500. The molecule has 25 heavy (non-hydrogen) atoms. The van der Waals surface area contributed by atoms with Gasteiger partial charge >= 0.3 is 12.1 Å². The van der Waals surface area contributed by atoms with Gasteiger partial charge in [0.25, 0.3) is 0 Å². The maximum absolute atomic E-state index is 12.7. The van der Waals surface area contributed by atoms with Crippen LogP contribution in [0.15, 0.2) is 41.5 Å². The van der Waals surface area contributed by atoms with E-state index in [-0.39, 0.29) is 10.7 Å². The summed E-state index contributed by atoms with van der Waals surface area (Å²) in [4.78, 5) is 19.8. The van der Waals surface area contributed by atoms with Crippen molar-refractivity contribution in [2.45, 2.75) is 12.1 Å². The number of nitrogen functional groups attached to an aromatic ring is 1. The molecule has 0 aliphatic carbocycles. The van der Waals surface area contributed by atoms with Gasteiger partial charge in [0.2, 0.25) is 0 Å². The Hall–Kier alpha value is -2.61. The molecule has 1 aromatic heterocycles. The Morgan fingerprint density at radius 1 is 1.40 bits per heavy atom. The van der Waals surface area contributed by atoms with E-state index in [2.05, 4.69) is 14.7 Å². The minimum atomic E-state index is -4.59. The number of aliphatic imine (C=N–C) groups is 1. The van der Waals surface area contributed by atoms with Gasteiger partial charge in [-0.2, -0.15) is 13.2 Å². The van der Waals surface area contributed by atoms with Crippen LogP contribution in [0.1, 0.15) is 17.2 Å². The number of benzene rings is 1. The van der Waals surface area contributed by atoms with Crippen LogP contribution in [0.2, 0.25) is 5.02 Å². The Labute approximate surface area is 146 Å². The minimum Gasteiger partial charge on any atom is -0.468 e. The van der Waals surface area contributed by atoms with Crippen LogP contribution in [-0.4, -0.2) is 24.3 Å². The molecule has 0 radical (unpaired) electrons. The van der Waals surface area contributed by atoms with E-state index in [0.29, 0.717) is 23.6 Å². The number of esters is 1. The standard InChI is InChI=1S/C16H13ClF3N3O2/c1-25-15(24)10(8-22-13-5-3-2-4-12(13)21)14-11(17)6-9(7-23-14)16(18,19)20/h2-8,10H,21H2,1H3. The van der Waals surface area contributed by atoms with Crippen LogP contribution < -0.4 is 5.73 Å². The molecule has 1 aromatic carbocycles. The molecular formula is C16H13ClF3N3O2. The van der Waals surface area contributed by atoms with Crippen LogP contribution in [0.3, 0.4) is 0 Å². The van der Waals surface area contributed by atoms with Crippen LogP contribution in [0.25, 0.3) is 0 Å². The van der Waals surface area contributed by atoms with Gasteiger partial charge in [0.1, 0.15) is 5.92 Å². The molecule has 0 fully saturated rings. The first-order valence-electron chi connectivity index (χ1n) is 6.93. The van der Waals surface area contributed by atoms with Gasteiger partial charge in [-0.1, -0.05) is 23.7 Å². The summed E-state index contributed by atoms with van der Waals surface area (Å²) < 4.78 is 42.8. The van der Waals surface area contributed by atoms with Crippen LogP contribution in [0.5, 0.6) is 0 Å². The van der Waals surface area contributed by atoms with Crippen molar-refractivity contribution in [1.82, 2.24) is 4.98 Å². The second-order valence-corrected chi connectivity index (χ2v) is 5.33. The van der Waals surface area contributed by atoms with E-state index >= 15 is 0 Å². The molecule has 0 amide bonds. The highest BCUT2D eigenvalue weighted by Crippen LogP contribution is 2.33. The Bertz CT molecular complexity index is 809. The molecule has 9 heteroatoms. The van der Waals surface area contributed by atoms with Crippen LogP contribution in [0, 0.1) is 0 Å². The van der Waals surface area contributed by atoms with Gasteiger partial charge in [0.05, 0.1) is 34.8 Å². The van der Waals surface area contributed by atoms with Crippen LogP contribution in [0.4, 0.5) is 24.5 Å². The number of alkyl halides is 3. The predicted molar refractivity (Wildman–Crippen MR) is 88.0 cm³/mol. The first-order chi connectivity index (χ1) is 11.7. The molecular weight excluding hydrogens is 359 g/mol. The van der Waals surface area contributed by atoms with Crippen LogP contribution in [-0.2, 0) is 15.7 Å². The third kappa shape index (κ3) is 4.48. The summed E-state index contributed by atoms with van der Waals surface area (Å²) in [6, 6.07) is 7.33. The van der Waals surface area contributed by atoms with E-state index in [1.807, 2.05) is 0 Å². The van der Waals surface area contributed by atoms with Gasteiger partial charge in [-0.25, -0.2) is 0 Å².